The predicted octanol–water partition coefficient (Wildman–Crippen LogP) is 2.15. The van der Waals surface area contributed by atoms with Crippen molar-refractivity contribution in [3.8, 4) is 0 Å². The number of hydrogen-bond acceptors (Lipinski definition) is 2. The van der Waals surface area contributed by atoms with E-state index in [0.717, 1.165) is 12.1 Å². The molecule has 0 N–H and O–H groups in total. The Kier molecular flexibility index (Phi) is 2.89. The van der Waals surface area contributed by atoms with Crippen LogP contribution in [0.1, 0.15) is 13.8 Å². The first-order valence-electron chi connectivity index (χ1n) is 4.04. The van der Waals surface area contributed by atoms with Crippen LogP contribution in [-0.4, -0.2) is 13.7 Å². The Bertz CT molecular complexity index is 438. The summed E-state index contributed by atoms with van der Waals surface area (Å²) in [5.74, 6) is -1.83. The van der Waals surface area contributed by atoms with Gasteiger partial charge in [0.1, 0.15) is 16.5 Å². The van der Waals surface area contributed by atoms with Crippen molar-refractivity contribution in [1.82, 2.24) is 0 Å². The quantitative estimate of drug-likeness (QED) is 0.715. The van der Waals surface area contributed by atoms with E-state index >= 15 is 0 Å². The van der Waals surface area contributed by atoms with E-state index in [1.54, 1.807) is 0 Å². The number of sulfone groups is 1. The first-order chi connectivity index (χ1) is 6.35. The van der Waals surface area contributed by atoms with E-state index in [4.69, 9.17) is 0 Å². The molecule has 0 fully saturated rings. The maximum Gasteiger partial charge on any atom is 0.183 e. The van der Waals surface area contributed by atoms with Gasteiger partial charge in [0.15, 0.2) is 9.84 Å². The summed E-state index contributed by atoms with van der Waals surface area (Å²) in [6.07, 6.45) is 0. The summed E-state index contributed by atoms with van der Waals surface area (Å²) in [6.45, 7) is 2.89. The molecular weight excluding hydrogens is 210 g/mol. The zero-order chi connectivity index (χ0) is 10.9. The van der Waals surface area contributed by atoms with Crippen molar-refractivity contribution >= 4 is 9.84 Å². The van der Waals surface area contributed by atoms with E-state index in [0.29, 0.717) is 6.07 Å². The molecule has 1 rings (SSSR count). The molecule has 0 aliphatic carbocycles. The van der Waals surface area contributed by atoms with Gasteiger partial charge in [-0.3, -0.25) is 0 Å². The molecule has 0 spiro atoms. The fourth-order valence-electron chi connectivity index (χ4n) is 0.960. The molecule has 14 heavy (non-hydrogen) atoms. The van der Waals surface area contributed by atoms with Crippen molar-refractivity contribution in [2.24, 2.45) is 0 Å². The monoisotopic (exact) mass is 220 g/mol. The molecule has 0 atom stereocenters. The summed E-state index contributed by atoms with van der Waals surface area (Å²) in [4.78, 5) is -0.450. The lowest BCUT2D eigenvalue weighted by atomic mass is 10.3. The van der Waals surface area contributed by atoms with Crippen molar-refractivity contribution in [2.75, 3.05) is 0 Å². The first-order valence-corrected chi connectivity index (χ1v) is 5.59. The van der Waals surface area contributed by atoms with Crippen LogP contribution in [0.2, 0.25) is 0 Å². The van der Waals surface area contributed by atoms with Crippen LogP contribution < -0.4 is 0 Å². The summed E-state index contributed by atoms with van der Waals surface area (Å²) in [6, 6.07) is 2.44. The van der Waals surface area contributed by atoms with Crippen LogP contribution in [0.4, 0.5) is 8.78 Å². The molecule has 0 aliphatic heterocycles. The Balaban J connectivity index is 3.35. The van der Waals surface area contributed by atoms with Gasteiger partial charge in [0.25, 0.3) is 0 Å². The maximum absolute atomic E-state index is 13.1. The SMILES string of the molecule is CC(C)S(=O)(=O)c1ccc(F)cc1F. The molecule has 0 unspecified atom stereocenters. The van der Waals surface area contributed by atoms with Crippen LogP contribution in [0.25, 0.3) is 0 Å². The zero-order valence-corrected chi connectivity index (χ0v) is 8.61. The third-order valence-electron chi connectivity index (χ3n) is 1.82. The Morgan fingerprint density at radius 3 is 2.21 bits per heavy atom. The van der Waals surface area contributed by atoms with E-state index in [2.05, 4.69) is 0 Å². The molecule has 0 bridgehead atoms. The largest absolute Gasteiger partial charge is 0.223 e. The Morgan fingerprint density at radius 1 is 1.21 bits per heavy atom. The van der Waals surface area contributed by atoms with Crippen molar-refractivity contribution < 1.29 is 17.2 Å². The fraction of sp³-hybridized carbons (Fsp3) is 0.333. The highest BCUT2D eigenvalue weighted by atomic mass is 32.2. The minimum atomic E-state index is -3.67. The van der Waals surface area contributed by atoms with Crippen LogP contribution in [0, 0.1) is 11.6 Å². The van der Waals surface area contributed by atoms with E-state index in [1.807, 2.05) is 0 Å². The molecular formula is C9H10F2O2S. The minimum Gasteiger partial charge on any atom is -0.223 e. The Morgan fingerprint density at radius 2 is 1.79 bits per heavy atom. The lowest BCUT2D eigenvalue weighted by molar-refractivity contribution is 0.545. The maximum atomic E-state index is 13.1. The van der Waals surface area contributed by atoms with Gasteiger partial charge in [0.05, 0.1) is 5.25 Å². The second kappa shape index (κ2) is 3.65. The highest BCUT2D eigenvalue weighted by Gasteiger charge is 2.23. The van der Waals surface area contributed by atoms with E-state index in [-0.39, 0.29) is 0 Å². The molecule has 0 aliphatic rings. The number of halogens is 2. The van der Waals surface area contributed by atoms with Crippen LogP contribution in [0.15, 0.2) is 23.1 Å². The average molecular weight is 220 g/mol. The lowest BCUT2D eigenvalue weighted by Gasteiger charge is -2.08. The molecule has 2 nitrogen and oxygen atoms in total. The minimum absolute atomic E-state index is 0.450. The Labute approximate surface area is 81.5 Å². The van der Waals surface area contributed by atoms with Crippen LogP contribution >= 0.6 is 0 Å². The van der Waals surface area contributed by atoms with Crippen molar-refractivity contribution in [3.05, 3.63) is 29.8 Å². The molecule has 0 amide bonds. The van der Waals surface area contributed by atoms with Crippen LogP contribution in [0.3, 0.4) is 0 Å². The predicted molar refractivity (Wildman–Crippen MR) is 48.7 cm³/mol. The lowest BCUT2D eigenvalue weighted by Crippen LogP contribution is -2.15. The van der Waals surface area contributed by atoms with Crippen LogP contribution in [0.5, 0.6) is 0 Å². The summed E-state index contributed by atoms with van der Waals surface area (Å²) < 4.78 is 48.6. The van der Waals surface area contributed by atoms with Gasteiger partial charge >= 0.3 is 0 Å². The van der Waals surface area contributed by atoms with E-state index in [1.165, 1.54) is 13.8 Å². The Hall–Kier alpha value is -0.970. The smallest absolute Gasteiger partial charge is 0.183 e. The summed E-state index contributed by atoms with van der Waals surface area (Å²) in [7, 11) is -3.67. The van der Waals surface area contributed by atoms with Gasteiger partial charge in [-0.15, -0.1) is 0 Å². The summed E-state index contributed by atoms with van der Waals surface area (Å²) >= 11 is 0. The second-order valence-corrected chi connectivity index (χ2v) is 5.64. The standard InChI is InChI=1S/C9H10F2O2S/c1-6(2)14(12,13)9-4-3-7(10)5-8(9)11/h3-6H,1-2H3. The van der Waals surface area contributed by atoms with Crippen molar-refractivity contribution in [1.29, 1.82) is 0 Å². The van der Waals surface area contributed by atoms with Crippen molar-refractivity contribution in [2.45, 2.75) is 24.0 Å². The van der Waals surface area contributed by atoms with Gasteiger partial charge < -0.3 is 0 Å². The number of hydrogen-bond donors (Lipinski definition) is 0. The molecule has 0 heterocycles. The van der Waals surface area contributed by atoms with Gasteiger partial charge in [0, 0.05) is 6.07 Å². The molecule has 78 valence electrons. The van der Waals surface area contributed by atoms with E-state index < -0.39 is 31.6 Å². The highest BCUT2D eigenvalue weighted by Crippen LogP contribution is 2.19. The molecule has 0 saturated carbocycles. The third-order valence-corrected chi connectivity index (χ3v) is 4.01. The van der Waals surface area contributed by atoms with Crippen molar-refractivity contribution in [3.63, 3.8) is 0 Å². The number of rotatable bonds is 2. The fourth-order valence-corrected chi connectivity index (χ4v) is 2.06. The van der Waals surface area contributed by atoms with Gasteiger partial charge in [0.2, 0.25) is 0 Å². The molecule has 0 aromatic heterocycles. The molecule has 0 radical (unpaired) electrons. The van der Waals surface area contributed by atoms with E-state index in [9.17, 15) is 17.2 Å². The molecule has 5 heteroatoms. The third kappa shape index (κ3) is 1.92. The second-order valence-electron chi connectivity index (χ2n) is 3.17. The molecule has 1 aromatic carbocycles. The normalized spacial score (nSPS) is 12.1. The van der Waals surface area contributed by atoms with Gasteiger partial charge in [-0.05, 0) is 26.0 Å². The highest BCUT2D eigenvalue weighted by molar-refractivity contribution is 7.92. The van der Waals surface area contributed by atoms with Gasteiger partial charge in [-0.25, -0.2) is 17.2 Å². The topological polar surface area (TPSA) is 34.1 Å². The van der Waals surface area contributed by atoms with Crippen LogP contribution in [-0.2, 0) is 9.84 Å². The van der Waals surface area contributed by atoms with Gasteiger partial charge in [-0.2, -0.15) is 0 Å². The number of benzene rings is 1. The van der Waals surface area contributed by atoms with Gasteiger partial charge in [-0.1, -0.05) is 0 Å². The molecule has 1 aromatic rings. The average Bonchev–Trinajstić information content (AvgIpc) is 2.02. The summed E-state index contributed by atoms with van der Waals surface area (Å²) in [5, 5.41) is -0.720. The summed E-state index contributed by atoms with van der Waals surface area (Å²) in [5.41, 5.74) is 0. The molecule has 0 saturated heterocycles. The zero-order valence-electron chi connectivity index (χ0n) is 7.79. The first kappa shape index (κ1) is 11.1.